The second-order valence-corrected chi connectivity index (χ2v) is 6.81. The third-order valence-electron chi connectivity index (χ3n) is 4.29. The number of benzene rings is 1. The average molecular weight is 355 g/mol. The first-order valence-corrected chi connectivity index (χ1v) is 8.79. The number of unbranched alkanes of at least 4 members (excludes halogenated alkanes) is 2. The molecular formula is C19H25N5O2. The normalized spacial score (nSPS) is 12.1. The fourth-order valence-electron chi connectivity index (χ4n) is 2.87. The van der Waals surface area contributed by atoms with Crippen LogP contribution in [-0.2, 0) is 11.3 Å². The van der Waals surface area contributed by atoms with Gasteiger partial charge in [-0.05, 0) is 37.8 Å². The van der Waals surface area contributed by atoms with Crippen LogP contribution in [0.3, 0.4) is 0 Å². The molecule has 0 fully saturated rings. The molecule has 0 saturated heterocycles. The monoisotopic (exact) mass is 355 g/mol. The number of amides is 2. The fourth-order valence-corrected chi connectivity index (χ4v) is 2.87. The molecule has 2 amide bonds. The number of nitrogens with two attached hydrogens (primary N) is 1. The van der Waals surface area contributed by atoms with Gasteiger partial charge in [0.05, 0.1) is 11.6 Å². The largest absolute Gasteiger partial charge is 0.368 e. The van der Waals surface area contributed by atoms with E-state index in [1.54, 1.807) is 4.68 Å². The predicted octanol–water partition coefficient (Wildman–Crippen LogP) is 2.28. The topological polar surface area (TPSA) is 114 Å². The van der Waals surface area contributed by atoms with Crippen molar-refractivity contribution < 1.29 is 9.59 Å². The van der Waals surface area contributed by atoms with Gasteiger partial charge in [0.25, 0.3) is 5.91 Å². The number of nitriles is 1. The van der Waals surface area contributed by atoms with Crippen LogP contribution in [0.5, 0.6) is 0 Å². The minimum Gasteiger partial charge on any atom is -0.368 e. The lowest BCUT2D eigenvalue weighted by atomic mass is 10.0. The molecule has 0 unspecified atom stereocenters. The van der Waals surface area contributed by atoms with Crippen molar-refractivity contribution in [3.05, 3.63) is 29.5 Å². The van der Waals surface area contributed by atoms with Crippen molar-refractivity contribution in [1.82, 2.24) is 15.1 Å². The van der Waals surface area contributed by atoms with E-state index in [4.69, 9.17) is 11.0 Å². The van der Waals surface area contributed by atoms with Crippen LogP contribution in [0, 0.1) is 24.2 Å². The van der Waals surface area contributed by atoms with Crippen LogP contribution in [0.1, 0.15) is 49.2 Å². The maximum absolute atomic E-state index is 12.7. The van der Waals surface area contributed by atoms with Crippen LogP contribution in [0.15, 0.2) is 18.2 Å². The Balaban J connectivity index is 2.33. The lowest BCUT2D eigenvalue weighted by Crippen LogP contribution is -2.47. The molecular weight excluding hydrogens is 330 g/mol. The van der Waals surface area contributed by atoms with Crippen LogP contribution in [0.4, 0.5) is 0 Å². The summed E-state index contributed by atoms with van der Waals surface area (Å²) < 4.78 is 1.79. The van der Waals surface area contributed by atoms with Crippen molar-refractivity contribution in [2.75, 3.05) is 0 Å². The van der Waals surface area contributed by atoms with Crippen LogP contribution in [-0.4, -0.2) is 27.6 Å². The molecule has 2 rings (SSSR count). The van der Waals surface area contributed by atoms with Gasteiger partial charge in [0.15, 0.2) is 5.69 Å². The average Bonchev–Trinajstić information content (AvgIpc) is 2.93. The quantitative estimate of drug-likeness (QED) is 0.707. The second kappa shape index (κ2) is 8.48. The Bertz CT molecular complexity index is 847. The summed E-state index contributed by atoms with van der Waals surface area (Å²) in [7, 11) is 0. The highest BCUT2D eigenvalue weighted by atomic mass is 16.2. The zero-order chi connectivity index (χ0) is 19.3. The van der Waals surface area contributed by atoms with E-state index in [0.29, 0.717) is 13.0 Å². The molecule has 0 radical (unpaired) electrons. The van der Waals surface area contributed by atoms with Crippen LogP contribution in [0.2, 0.25) is 0 Å². The molecule has 0 aliphatic carbocycles. The summed E-state index contributed by atoms with van der Waals surface area (Å²) in [5.74, 6) is -1.09. The molecule has 1 heterocycles. The first kappa shape index (κ1) is 19.4. The van der Waals surface area contributed by atoms with E-state index in [2.05, 4.69) is 16.5 Å². The van der Waals surface area contributed by atoms with E-state index < -0.39 is 17.9 Å². The highest BCUT2D eigenvalue weighted by Crippen LogP contribution is 2.21. The van der Waals surface area contributed by atoms with Crippen molar-refractivity contribution in [3.8, 4) is 6.07 Å². The van der Waals surface area contributed by atoms with E-state index in [-0.39, 0.29) is 11.6 Å². The molecule has 0 bridgehead atoms. The van der Waals surface area contributed by atoms with Gasteiger partial charge >= 0.3 is 0 Å². The van der Waals surface area contributed by atoms with Gasteiger partial charge in [-0.3, -0.25) is 14.3 Å². The fraction of sp³-hybridized carbons (Fsp3) is 0.474. The van der Waals surface area contributed by atoms with Crippen molar-refractivity contribution in [2.24, 2.45) is 11.7 Å². The minimum absolute atomic E-state index is 0.113. The number of fused-ring (bicyclic) bond motifs is 1. The third-order valence-corrected chi connectivity index (χ3v) is 4.29. The van der Waals surface area contributed by atoms with E-state index in [1.807, 2.05) is 39.0 Å². The number of hydrogen-bond donors (Lipinski definition) is 2. The van der Waals surface area contributed by atoms with Crippen LogP contribution >= 0.6 is 0 Å². The van der Waals surface area contributed by atoms with Gasteiger partial charge in [-0.25, -0.2) is 0 Å². The lowest BCUT2D eigenvalue weighted by molar-refractivity contribution is -0.120. The standard InChI is InChI=1S/C19H25N5O2/c1-12(2)16(18(21)25)22-19(26)17-14-11-13(3)7-8-15(14)24(23-17)10-6-4-5-9-20/h7-8,11-12,16H,4-6,10H2,1-3H3,(H2,21,25)(H,22,26)/t16-/m0/s1. The summed E-state index contributed by atoms with van der Waals surface area (Å²) in [6.45, 7) is 6.22. The number of nitrogens with zero attached hydrogens (tertiary/aromatic N) is 3. The Morgan fingerprint density at radius 1 is 1.35 bits per heavy atom. The van der Waals surface area contributed by atoms with Crippen molar-refractivity contribution in [3.63, 3.8) is 0 Å². The first-order valence-electron chi connectivity index (χ1n) is 8.79. The molecule has 0 saturated carbocycles. The Morgan fingerprint density at radius 3 is 2.69 bits per heavy atom. The summed E-state index contributed by atoms with van der Waals surface area (Å²) in [6, 6.07) is 7.20. The summed E-state index contributed by atoms with van der Waals surface area (Å²) in [6.07, 6.45) is 2.08. The molecule has 1 atom stereocenters. The maximum Gasteiger partial charge on any atom is 0.273 e. The van der Waals surface area contributed by atoms with Crippen molar-refractivity contribution in [2.45, 2.75) is 52.6 Å². The molecule has 0 aliphatic heterocycles. The number of aromatic nitrogens is 2. The van der Waals surface area contributed by atoms with Gasteiger partial charge in [-0.1, -0.05) is 25.5 Å². The smallest absolute Gasteiger partial charge is 0.273 e. The zero-order valence-corrected chi connectivity index (χ0v) is 15.5. The van der Waals surface area contributed by atoms with E-state index in [1.165, 1.54) is 0 Å². The molecule has 1 aromatic carbocycles. The van der Waals surface area contributed by atoms with Gasteiger partial charge in [0.2, 0.25) is 5.91 Å². The SMILES string of the molecule is Cc1ccc2c(c1)c(C(=O)N[C@H](C(N)=O)C(C)C)nn2CCCCC#N. The number of aryl methyl sites for hydroxylation is 2. The number of hydrogen-bond acceptors (Lipinski definition) is 4. The summed E-state index contributed by atoms with van der Waals surface area (Å²) in [5, 5.41) is 16.6. The molecule has 0 aliphatic rings. The Morgan fingerprint density at radius 2 is 2.08 bits per heavy atom. The molecule has 1 aromatic heterocycles. The molecule has 2 aromatic rings. The Kier molecular flexibility index (Phi) is 6.34. The lowest BCUT2D eigenvalue weighted by Gasteiger charge is -2.18. The second-order valence-electron chi connectivity index (χ2n) is 6.81. The Labute approximate surface area is 153 Å². The minimum atomic E-state index is -0.747. The maximum atomic E-state index is 12.7. The number of carbonyl (C=O) groups excluding carboxylic acids is 2. The molecule has 3 N–H and O–H groups in total. The van der Waals surface area contributed by atoms with E-state index >= 15 is 0 Å². The third kappa shape index (κ3) is 4.39. The van der Waals surface area contributed by atoms with Crippen LogP contribution in [0.25, 0.3) is 10.9 Å². The summed E-state index contributed by atoms with van der Waals surface area (Å²) >= 11 is 0. The summed E-state index contributed by atoms with van der Waals surface area (Å²) in [4.78, 5) is 24.3. The molecule has 138 valence electrons. The van der Waals surface area contributed by atoms with Crippen molar-refractivity contribution in [1.29, 1.82) is 5.26 Å². The van der Waals surface area contributed by atoms with E-state index in [0.717, 1.165) is 29.3 Å². The molecule has 26 heavy (non-hydrogen) atoms. The molecule has 7 nitrogen and oxygen atoms in total. The van der Waals surface area contributed by atoms with Gasteiger partial charge in [0.1, 0.15) is 6.04 Å². The molecule has 0 spiro atoms. The highest BCUT2D eigenvalue weighted by molar-refractivity contribution is 6.06. The predicted molar refractivity (Wildman–Crippen MR) is 99.2 cm³/mol. The zero-order valence-electron chi connectivity index (χ0n) is 15.5. The summed E-state index contributed by atoms with van der Waals surface area (Å²) in [5.41, 5.74) is 7.56. The van der Waals surface area contributed by atoms with Gasteiger partial charge in [-0.2, -0.15) is 10.4 Å². The highest BCUT2D eigenvalue weighted by Gasteiger charge is 2.25. The first-order chi connectivity index (χ1) is 12.3. The number of primary amides is 1. The van der Waals surface area contributed by atoms with Gasteiger partial charge in [-0.15, -0.1) is 0 Å². The number of rotatable bonds is 8. The number of carbonyl (C=O) groups is 2. The van der Waals surface area contributed by atoms with E-state index in [9.17, 15) is 9.59 Å². The number of nitrogens with one attached hydrogen (secondary N) is 1. The van der Waals surface area contributed by atoms with Crippen molar-refractivity contribution >= 4 is 22.7 Å². The van der Waals surface area contributed by atoms with Crippen LogP contribution < -0.4 is 11.1 Å². The van der Waals surface area contributed by atoms with Gasteiger partial charge in [0, 0.05) is 18.4 Å². The van der Waals surface area contributed by atoms with Gasteiger partial charge < -0.3 is 11.1 Å². The molecule has 7 heteroatoms. The Hall–Kier alpha value is -2.88.